The van der Waals surface area contributed by atoms with E-state index in [2.05, 4.69) is 10.4 Å². The van der Waals surface area contributed by atoms with Crippen molar-refractivity contribution in [1.29, 1.82) is 0 Å². The molecule has 0 fully saturated rings. The van der Waals surface area contributed by atoms with Crippen molar-refractivity contribution in [1.82, 2.24) is 14.7 Å². The summed E-state index contributed by atoms with van der Waals surface area (Å²) in [6, 6.07) is 8.69. The molecule has 8 heteroatoms. The fourth-order valence-electron chi connectivity index (χ4n) is 1.90. The van der Waals surface area contributed by atoms with Crippen LogP contribution in [0.3, 0.4) is 0 Å². The second-order valence-corrected chi connectivity index (χ2v) is 5.38. The number of nitrogens with two attached hydrogens (primary N) is 1. The Kier molecular flexibility index (Phi) is 5.72. The molecule has 0 aliphatic carbocycles. The summed E-state index contributed by atoms with van der Waals surface area (Å²) in [6.07, 6.45) is 2.32. The molecule has 7 nitrogen and oxygen atoms in total. The largest absolute Gasteiger partial charge is 0.337 e. The van der Waals surface area contributed by atoms with Gasteiger partial charge < -0.3 is 16.0 Å². The fourth-order valence-corrected chi connectivity index (χ4v) is 2.03. The van der Waals surface area contributed by atoms with Gasteiger partial charge in [0.05, 0.1) is 5.69 Å². The Morgan fingerprint density at radius 1 is 1.30 bits per heavy atom. The van der Waals surface area contributed by atoms with Crippen LogP contribution in [-0.4, -0.2) is 46.6 Å². The van der Waals surface area contributed by atoms with E-state index >= 15 is 0 Å². The SMILES string of the molecule is CN(CCCN)C(=O)C(=O)Nc1ccn(-c2ccc(Cl)cc2)n1. The van der Waals surface area contributed by atoms with Crippen molar-refractivity contribution < 1.29 is 9.59 Å². The maximum atomic E-state index is 11.9. The minimum absolute atomic E-state index is 0.297. The normalized spacial score (nSPS) is 10.4. The van der Waals surface area contributed by atoms with Crippen molar-refractivity contribution in [2.24, 2.45) is 5.73 Å². The average molecular weight is 336 g/mol. The smallest absolute Gasteiger partial charge is 0.315 e. The van der Waals surface area contributed by atoms with E-state index < -0.39 is 11.8 Å². The molecule has 0 saturated heterocycles. The molecule has 122 valence electrons. The number of nitrogens with zero attached hydrogens (tertiary/aromatic N) is 3. The molecule has 1 heterocycles. The van der Waals surface area contributed by atoms with Gasteiger partial charge in [-0.05, 0) is 37.2 Å². The number of amides is 2. The average Bonchev–Trinajstić information content (AvgIpc) is 3.00. The van der Waals surface area contributed by atoms with Gasteiger partial charge in [-0.15, -0.1) is 0 Å². The highest BCUT2D eigenvalue weighted by Gasteiger charge is 2.19. The van der Waals surface area contributed by atoms with Crippen molar-refractivity contribution in [3.8, 4) is 5.69 Å². The molecule has 0 aliphatic rings. The van der Waals surface area contributed by atoms with Gasteiger partial charge in [-0.25, -0.2) is 4.68 Å². The highest BCUT2D eigenvalue weighted by atomic mass is 35.5. The van der Waals surface area contributed by atoms with Crippen molar-refractivity contribution in [3.05, 3.63) is 41.6 Å². The third kappa shape index (κ3) is 4.54. The molecule has 0 aliphatic heterocycles. The van der Waals surface area contributed by atoms with Crippen LogP contribution < -0.4 is 11.1 Å². The first-order chi connectivity index (χ1) is 11.0. The molecule has 2 amide bonds. The number of hydrogen-bond donors (Lipinski definition) is 2. The minimum Gasteiger partial charge on any atom is -0.337 e. The van der Waals surface area contributed by atoms with Gasteiger partial charge in [-0.2, -0.15) is 5.10 Å². The van der Waals surface area contributed by atoms with Crippen LogP contribution >= 0.6 is 11.6 Å². The van der Waals surface area contributed by atoms with E-state index in [1.807, 2.05) is 0 Å². The van der Waals surface area contributed by atoms with Gasteiger partial charge >= 0.3 is 11.8 Å². The molecule has 23 heavy (non-hydrogen) atoms. The number of likely N-dealkylation sites (N-methyl/N-ethyl adjacent to an activating group) is 1. The van der Waals surface area contributed by atoms with Crippen LogP contribution in [0.25, 0.3) is 5.69 Å². The van der Waals surface area contributed by atoms with E-state index in [4.69, 9.17) is 17.3 Å². The Balaban J connectivity index is 1.99. The van der Waals surface area contributed by atoms with Crippen molar-refractivity contribution >= 4 is 29.2 Å². The molecule has 1 aromatic carbocycles. The first-order valence-electron chi connectivity index (χ1n) is 7.09. The summed E-state index contributed by atoms with van der Waals surface area (Å²) < 4.78 is 1.58. The number of rotatable bonds is 5. The number of aromatic nitrogens is 2. The summed E-state index contributed by atoms with van der Waals surface area (Å²) in [6.45, 7) is 0.896. The molecule has 3 N–H and O–H groups in total. The van der Waals surface area contributed by atoms with E-state index in [1.165, 1.54) is 4.90 Å². The van der Waals surface area contributed by atoms with Crippen LogP contribution in [0.1, 0.15) is 6.42 Å². The van der Waals surface area contributed by atoms with Gasteiger partial charge in [-0.3, -0.25) is 9.59 Å². The topological polar surface area (TPSA) is 93.2 Å². The molecule has 2 rings (SSSR count). The predicted molar refractivity (Wildman–Crippen MR) is 88.5 cm³/mol. The van der Waals surface area contributed by atoms with E-state index in [0.29, 0.717) is 30.4 Å². The molecule has 0 spiro atoms. The molecule has 0 atom stereocenters. The van der Waals surface area contributed by atoms with E-state index in [0.717, 1.165) is 5.69 Å². The Morgan fingerprint density at radius 3 is 2.65 bits per heavy atom. The Labute approximate surface area is 139 Å². The quantitative estimate of drug-likeness (QED) is 0.805. The van der Waals surface area contributed by atoms with Crippen LogP contribution in [-0.2, 0) is 9.59 Å². The van der Waals surface area contributed by atoms with Gasteiger partial charge in [0.15, 0.2) is 5.82 Å². The second kappa shape index (κ2) is 7.75. The third-order valence-electron chi connectivity index (χ3n) is 3.16. The lowest BCUT2D eigenvalue weighted by atomic mass is 10.3. The number of halogens is 1. The van der Waals surface area contributed by atoms with Gasteiger partial charge in [0.1, 0.15) is 0 Å². The van der Waals surface area contributed by atoms with E-state index in [9.17, 15) is 9.59 Å². The number of carbonyl (C=O) groups is 2. The lowest BCUT2D eigenvalue weighted by molar-refractivity contribution is -0.142. The molecule has 0 unspecified atom stereocenters. The summed E-state index contributed by atoms with van der Waals surface area (Å²) in [4.78, 5) is 25.1. The molecular formula is C15H18ClN5O2. The van der Waals surface area contributed by atoms with Gasteiger partial charge in [0.2, 0.25) is 0 Å². The standard InChI is InChI=1S/C15H18ClN5O2/c1-20(9-2-8-17)15(23)14(22)18-13-7-10-21(19-13)12-5-3-11(16)4-6-12/h3-7,10H,2,8-9,17H2,1H3,(H,18,19,22). The van der Waals surface area contributed by atoms with Crippen LogP contribution in [0.4, 0.5) is 5.82 Å². The number of hydrogen-bond acceptors (Lipinski definition) is 4. The van der Waals surface area contributed by atoms with Crippen molar-refractivity contribution in [2.75, 3.05) is 25.5 Å². The van der Waals surface area contributed by atoms with Crippen molar-refractivity contribution in [2.45, 2.75) is 6.42 Å². The van der Waals surface area contributed by atoms with Gasteiger partial charge in [-0.1, -0.05) is 11.6 Å². The summed E-state index contributed by atoms with van der Waals surface area (Å²) in [5, 5.41) is 7.31. The Morgan fingerprint density at radius 2 is 2.00 bits per heavy atom. The van der Waals surface area contributed by atoms with Crippen LogP contribution in [0.2, 0.25) is 5.02 Å². The zero-order valence-corrected chi connectivity index (χ0v) is 13.5. The Bertz CT molecular complexity index is 683. The van der Waals surface area contributed by atoms with Gasteiger partial charge in [0.25, 0.3) is 0 Å². The first kappa shape index (κ1) is 17.0. The van der Waals surface area contributed by atoms with Gasteiger partial charge in [0, 0.05) is 30.9 Å². The maximum Gasteiger partial charge on any atom is 0.315 e. The zero-order valence-electron chi connectivity index (χ0n) is 12.7. The van der Waals surface area contributed by atoms with Crippen LogP contribution in [0, 0.1) is 0 Å². The third-order valence-corrected chi connectivity index (χ3v) is 3.41. The zero-order chi connectivity index (χ0) is 16.8. The first-order valence-corrected chi connectivity index (χ1v) is 7.47. The van der Waals surface area contributed by atoms with E-state index in [-0.39, 0.29) is 0 Å². The summed E-state index contributed by atoms with van der Waals surface area (Å²) >= 11 is 5.84. The summed E-state index contributed by atoms with van der Waals surface area (Å²) in [5.74, 6) is -1.06. The highest BCUT2D eigenvalue weighted by molar-refractivity contribution is 6.39. The van der Waals surface area contributed by atoms with Crippen LogP contribution in [0.15, 0.2) is 36.5 Å². The van der Waals surface area contributed by atoms with Crippen molar-refractivity contribution in [3.63, 3.8) is 0 Å². The maximum absolute atomic E-state index is 11.9. The summed E-state index contributed by atoms with van der Waals surface area (Å²) in [7, 11) is 1.56. The molecular weight excluding hydrogens is 318 g/mol. The highest BCUT2D eigenvalue weighted by Crippen LogP contribution is 2.14. The minimum atomic E-state index is -0.731. The molecule has 0 bridgehead atoms. The number of benzene rings is 1. The van der Waals surface area contributed by atoms with Crippen LogP contribution in [0.5, 0.6) is 0 Å². The molecule has 0 radical (unpaired) electrons. The summed E-state index contributed by atoms with van der Waals surface area (Å²) in [5.41, 5.74) is 6.18. The number of nitrogens with one attached hydrogen (secondary N) is 1. The lowest BCUT2D eigenvalue weighted by Crippen LogP contribution is -2.38. The molecule has 0 saturated carbocycles. The number of anilines is 1. The lowest BCUT2D eigenvalue weighted by Gasteiger charge is -2.15. The monoisotopic (exact) mass is 335 g/mol. The second-order valence-electron chi connectivity index (χ2n) is 4.95. The fraction of sp³-hybridized carbons (Fsp3) is 0.267. The molecule has 1 aromatic heterocycles. The number of carbonyl (C=O) groups excluding carboxylic acids is 2. The Hall–Kier alpha value is -2.38. The molecule has 2 aromatic rings. The predicted octanol–water partition coefficient (Wildman–Crippen LogP) is 1.27. The van der Waals surface area contributed by atoms with E-state index in [1.54, 1.807) is 48.3 Å².